The third-order valence-electron chi connectivity index (χ3n) is 4.63. The Labute approximate surface area is 124 Å². The van der Waals surface area contributed by atoms with Gasteiger partial charge < -0.3 is 4.90 Å². The van der Waals surface area contributed by atoms with Crippen LogP contribution in [-0.4, -0.2) is 25.0 Å². The first-order chi connectivity index (χ1) is 10.1. The molecule has 0 unspecified atom stereocenters. The largest absolute Gasteiger partial charge is 0.306 e. The molecular formula is C18H19F2N. The molecule has 0 saturated carbocycles. The number of likely N-dealkylation sites (tertiary alicyclic amines) is 1. The molecule has 110 valence electrons. The van der Waals surface area contributed by atoms with E-state index in [0.29, 0.717) is 0 Å². The van der Waals surface area contributed by atoms with Crippen LogP contribution in [0.25, 0.3) is 0 Å². The number of piperidine rings is 1. The Morgan fingerprint density at radius 3 is 1.52 bits per heavy atom. The van der Waals surface area contributed by atoms with Gasteiger partial charge in [-0.2, -0.15) is 0 Å². The maximum atomic E-state index is 13.2. The Hall–Kier alpha value is -1.74. The summed E-state index contributed by atoms with van der Waals surface area (Å²) < 4.78 is 26.5. The van der Waals surface area contributed by atoms with Crippen molar-refractivity contribution in [1.29, 1.82) is 0 Å². The average molecular weight is 287 g/mol. The minimum absolute atomic E-state index is 0.145. The molecule has 0 N–H and O–H groups in total. The fourth-order valence-electron chi connectivity index (χ4n) is 3.28. The van der Waals surface area contributed by atoms with Crippen molar-refractivity contribution in [3.05, 3.63) is 71.3 Å². The van der Waals surface area contributed by atoms with Crippen LogP contribution < -0.4 is 0 Å². The molecule has 2 aromatic rings. The van der Waals surface area contributed by atoms with E-state index >= 15 is 0 Å². The van der Waals surface area contributed by atoms with Gasteiger partial charge >= 0.3 is 0 Å². The normalized spacial score (nSPS) is 18.6. The van der Waals surface area contributed by atoms with Crippen molar-refractivity contribution in [3.63, 3.8) is 0 Å². The van der Waals surface area contributed by atoms with Gasteiger partial charge in [0.1, 0.15) is 11.6 Å². The van der Waals surface area contributed by atoms with Crippen molar-refractivity contribution in [2.24, 2.45) is 0 Å². The van der Waals surface area contributed by atoms with Crippen LogP contribution in [0.4, 0.5) is 8.78 Å². The van der Waals surface area contributed by atoms with Gasteiger partial charge in [0, 0.05) is 5.41 Å². The first-order valence-corrected chi connectivity index (χ1v) is 7.31. The molecule has 1 nitrogen and oxygen atoms in total. The van der Waals surface area contributed by atoms with Crippen LogP contribution in [0.2, 0.25) is 0 Å². The van der Waals surface area contributed by atoms with Crippen LogP contribution in [-0.2, 0) is 5.41 Å². The van der Waals surface area contributed by atoms with E-state index in [2.05, 4.69) is 11.9 Å². The molecule has 1 saturated heterocycles. The van der Waals surface area contributed by atoms with Crippen LogP contribution >= 0.6 is 0 Å². The predicted octanol–water partition coefficient (Wildman–Crippen LogP) is 3.98. The Bertz CT molecular complexity index is 549. The molecule has 3 rings (SSSR count). The standard InChI is InChI=1S/C18H19F2N/c1-21-12-10-18(11-13-21,14-2-6-16(19)7-3-14)15-4-8-17(20)9-5-15/h2-9H,10-13H2,1H3. The molecule has 1 aliphatic rings. The van der Waals surface area contributed by atoms with Crippen LogP contribution in [0, 0.1) is 11.6 Å². The summed E-state index contributed by atoms with van der Waals surface area (Å²) in [6, 6.07) is 13.5. The lowest BCUT2D eigenvalue weighted by Gasteiger charge is -2.41. The molecule has 0 radical (unpaired) electrons. The summed E-state index contributed by atoms with van der Waals surface area (Å²) in [7, 11) is 2.11. The van der Waals surface area contributed by atoms with Gasteiger partial charge in [0.15, 0.2) is 0 Å². The highest BCUT2D eigenvalue weighted by molar-refractivity contribution is 5.40. The summed E-state index contributed by atoms with van der Waals surface area (Å²) in [5.74, 6) is -0.443. The smallest absolute Gasteiger partial charge is 0.123 e. The highest BCUT2D eigenvalue weighted by Gasteiger charge is 2.37. The number of nitrogens with zero attached hydrogens (tertiary/aromatic N) is 1. The fourth-order valence-corrected chi connectivity index (χ4v) is 3.28. The summed E-state index contributed by atoms with van der Waals surface area (Å²) in [6.45, 7) is 1.96. The summed E-state index contributed by atoms with van der Waals surface area (Å²) in [5.41, 5.74) is 2.08. The number of rotatable bonds is 2. The van der Waals surface area contributed by atoms with E-state index in [1.165, 1.54) is 24.3 Å². The molecule has 1 heterocycles. The second-order valence-electron chi connectivity index (χ2n) is 5.90. The predicted molar refractivity (Wildman–Crippen MR) is 80.3 cm³/mol. The van der Waals surface area contributed by atoms with E-state index in [9.17, 15) is 8.78 Å². The molecule has 1 aliphatic heterocycles. The van der Waals surface area contributed by atoms with Gasteiger partial charge in [-0.3, -0.25) is 0 Å². The zero-order valence-corrected chi connectivity index (χ0v) is 12.2. The first kappa shape index (κ1) is 14.2. The molecule has 0 spiro atoms. The van der Waals surface area contributed by atoms with E-state index in [4.69, 9.17) is 0 Å². The molecule has 0 bridgehead atoms. The minimum atomic E-state index is -0.221. The lowest BCUT2D eigenvalue weighted by Crippen LogP contribution is -2.41. The third kappa shape index (κ3) is 2.70. The van der Waals surface area contributed by atoms with Crippen molar-refractivity contribution in [2.75, 3.05) is 20.1 Å². The van der Waals surface area contributed by atoms with Gasteiger partial charge in [0.2, 0.25) is 0 Å². The maximum absolute atomic E-state index is 13.2. The SMILES string of the molecule is CN1CCC(c2ccc(F)cc2)(c2ccc(F)cc2)CC1. The van der Waals surface area contributed by atoms with Gasteiger partial charge in [0.25, 0.3) is 0 Å². The van der Waals surface area contributed by atoms with Gasteiger partial charge in [-0.25, -0.2) is 8.78 Å². The molecule has 0 amide bonds. The molecule has 0 atom stereocenters. The van der Waals surface area contributed by atoms with Crippen molar-refractivity contribution in [3.8, 4) is 0 Å². The highest BCUT2D eigenvalue weighted by Crippen LogP contribution is 2.41. The van der Waals surface area contributed by atoms with Crippen molar-refractivity contribution < 1.29 is 8.78 Å². The van der Waals surface area contributed by atoms with Gasteiger partial charge in [0.05, 0.1) is 0 Å². The maximum Gasteiger partial charge on any atom is 0.123 e. The van der Waals surface area contributed by atoms with Crippen LogP contribution in [0.5, 0.6) is 0 Å². The summed E-state index contributed by atoms with van der Waals surface area (Å²) in [5, 5.41) is 0. The Balaban J connectivity index is 2.06. The second-order valence-corrected chi connectivity index (χ2v) is 5.90. The van der Waals surface area contributed by atoms with E-state index in [0.717, 1.165) is 37.1 Å². The Morgan fingerprint density at radius 1 is 0.762 bits per heavy atom. The number of benzene rings is 2. The van der Waals surface area contributed by atoms with Crippen molar-refractivity contribution in [2.45, 2.75) is 18.3 Å². The van der Waals surface area contributed by atoms with Crippen LogP contribution in [0.3, 0.4) is 0 Å². The van der Waals surface area contributed by atoms with Crippen LogP contribution in [0.1, 0.15) is 24.0 Å². The second kappa shape index (κ2) is 5.57. The first-order valence-electron chi connectivity index (χ1n) is 7.31. The fraction of sp³-hybridized carbons (Fsp3) is 0.333. The van der Waals surface area contributed by atoms with E-state index in [1.807, 2.05) is 24.3 Å². The summed E-state index contributed by atoms with van der Waals surface area (Å²) in [6.07, 6.45) is 1.92. The Morgan fingerprint density at radius 2 is 1.14 bits per heavy atom. The molecule has 3 heteroatoms. The minimum Gasteiger partial charge on any atom is -0.306 e. The lowest BCUT2D eigenvalue weighted by molar-refractivity contribution is 0.213. The summed E-state index contributed by atoms with van der Waals surface area (Å²) >= 11 is 0. The summed E-state index contributed by atoms with van der Waals surface area (Å²) in [4.78, 5) is 2.30. The zero-order chi connectivity index (χ0) is 14.9. The van der Waals surface area contributed by atoms with Crippen molar-refractivity contribution >= 4 is 0 Å². The molecule has 1 fully saturated rings. The molecule has 2 aromatic carbocycles. The third-order valence-corrected chi connectivity index (χ3v) is 4.63. The molecular weight excluding hydrogens is 268 g/mol. The number of hydrogen-bond acceptors (Lipinski definition) is 1. The average Bonchev–Trinajstić information content (AvgIpc) is 2.50. The zero-order valence-electron chi connectivity index (χ0n) is 12.2. The topological polar surface area (TPSA) is 3.24 Å². The number of halogens is 2. The van der Waals surface area contributed by atoms with Gasteiger partial charge in [-0.15, -0.1) is 0 Å². The monoisotopic (exact) mass is 287 g/mol. The van der Waals surface area contributed by atoms with Gasteiger partial charge in [-0.05, 0) is 68.4 Å². The lowest BCUT2D eigenvalue weighted by atomic mass is 9.68. The highest BCUT2D eigenvalue weighted by atomic mass is 19.1. The Kier molecular flexibility index (Phi) is 3.77. The van der Waals surface area contributed by atoms with E-state index < -0.39 is 0 Å². The molecule has 21 heavy (non-hydrogen) atoms. The van der Waals surface area contributed by atoms with Gasteiger partial charge in [-0.1, -0.05) is 24.3 Å². The molecule has 0 aliphatic carbocycles. The quantitative estimate of drug-likeness (QED) is 0.807. The van der Waals surface area contributed by atoms with Crippen LogP contribution in [0.15, 0.2) is 48.5 Å². The van der Waals surface area contributed by atoms with Crippen molar-refractivity contribution in [1.82, 2.24) is 4.90 Å². The molecule has 0 aromatic heterocycles. The van der Waals surface area contributed by atoms with E-state index in [-0.39, 0.29) is 17.0 Å². The number of hydrogen-bond donors (Lipinski definition) is 0. The van der Waals surface area contributed by atoms with E-state index in [1.54, 1.807) is 0 Å².